The predicted octanol–water partition coefficient (Wildman–Crippen LogP) is 5.15. The Morgan fingerprint density at radius 1 is 1.18 bits per heavy atom. The van der Waals surface area contributed by atoms with Gasteiger partial charge < -0.3 is 19.3 Å². The van der Waals surface area contributed by atoms with Crippen molar-refractivity contribution in [2.75, 3.05) is 31.7 Å². The number of aromatic nitrogens is 3. The lowest BCUT2D eigenvalue weighted by Gasteiger charge is -2.48. The highest BCUT2D eigenvalue weighted by Gasteiger charge is 2.41. The van der Waals surface area contributed by atoms with Crippen molar-refractivity contribution in [1.29, 1.82) is 0 Å². The first-order chi connectivity index (χ1) is 21.1. The molecule has 0 N–H and O–H groups in total. The molecule has 1 amide bonds. The standard InChI is InChI=1S/C33H33F2N5O4/c1-7-25(41)38-15-20-16-44-31-30(39(20)14-19(38)5)21-13-23(35)28(26-22(34)9-8-10-24(26)43-6)37-32(21)40(33(31)42)29-18(4)11-12-36-27(29)17(2)3/h7-13,17,19-20H,1,14-16H2,2-6H3. The number of anilines is 1. The Morgan fingerprint density at radius 2 is 1.95 bits per heavy atom. The van der Waals surface area contributed by atoms with Gasteiger partial charge in [0.05, 0.1) is 35.8 Å². The number of fused-ring (bicyclic) bond motifs is 5. The fourth-order valence-electron chi connectivity index (χ4n) is 6.29. The van der Waals surface area contributed by atoms with E-state index in [0.717, 1.165) is 5.56 Å². The van der Waals surface area contributed by atoms with Crippen LogP contribution in [-0.2, 0) is 4.79 Å². The van der Waals surface area contributed by atoms with Crippen molar-refractivity contribution in [2.45, 2.75) is 45.7 Å². The molecule has 1 saturated heterocycles. The van der Waals surface area contributed by atoms with Gasteiger partial charge in [-0.15, -0.1) is 0 Å². The third-order valence-corrected chi connectivity index (χ3v) is 8.40. The molecule has 228 valence electrons. The van der Waals surface area contributed by atoms with Gasteiger partial charge in [-0.05, 0) is 55.7 Å². The van der Waals surface area contributed by atoms with Crippen molar-refractivity contribution in [3.63, 3.8) is 0 Å². The topological polar surface area (TPSA) is 89.8 Å². The summed E-state index contributed by atoms with van der Waals surface area (Å²) in [6.45, 7) is 12.2. The smallest absolute Gasteiger partial charge is 0.301 e. The van der Waals surface area contributed by atoms with Gasteiger partial charge in [-0.2, -0.15) is 0 Å². The minimum absolute atomic E-state index is 0.0554. The van der Waals surface area contributed by atoms with Crippen molar-refractivity contribution in [2.24, 2.45) is 0 Å². The van der Waals surface area contributed by atoms with Crippen LogP contribution in [0, 0.1) is 18.6 Å². The van der Waals surface area contributed by atoms with Crippen LogP contribution in [0.5, 0.6) is 11.5 Å². The molecule has 0 radical (unpaired) electrons. The molecule has 2 atom stereocenters. The fraction of sp³-hybridized carbons (Fsp3) is 0.333. The molecule has 0 aliphatic carbocycles. The van der Waals surface area contributed by atoms with Crippen LogP contribution in [-0.4, -0.2) is 64.2 Å². The van der Waals surface area contributed by atoms with Gasteiger partial charge in [0.1, 0.15) is 23.9 Å². The van der Waals surface area contributed by atoms with Crippen LogP contribution in [0.1, 0.15) is 37.9 Å². The summed E-state index contributed by atoms with van der Waals surface area (Å²) in [5.41, 5.74) is 1.47. The number of rotatable bonds is 5. The number of piperazine rings is 1. The average Bonchev–Trinajstić information content (AvgIpc) is 3.00. The number of pyridine rings is 3. The molecule has 11 heteroatoms. The molecule has 4 aromatic rings. The Morgan fingerprint density at radius 3 is 2.66 bits per heavy atom. The minimum atomic E-state index is -0.795. The van der Waals surface area contributed by atoms with Crippen molar-refractivity contribution < 1.29 is 23.0 Å². The Bertz CT molecular complexity index is 1890. The van der Waals surface area contributed by atoms with E-state index in [9.17, 15) is 9.59 Å². The first kappa shape index (κ1) is 29.3. The summed E-state index contributed by atoms with van der Waals surface area (Å²) in [7, 11) is 1.37. The third-order valence-electron chi connectivity index (χ3n) is 8.40. The number of methoxy groups -OCH3 is 1. The van der Waals surface area contributed by atoms with Crippen molar-refractivity contribution in [3.05, 3.63) is 82.4 Å². The molecule has 44 heavy (non-hydrogen) atoms. The summed E-state index contributed by atoms with van der Waals surface area (Å²) in [5.74, 6) is -1.63. The van der Waals surface area contributed by atoms with E-state index in [4.69, 9.17) is 14.5 Å². The van der Waals surface area contributed by atoms with Gasteiger partial charge in [0.2, 0.25) is 11.7 Å². The highest BCUT2D eigenvalue weighted by molar-refractivity contribution is 5.97. The van der Waals surface area contributed by atoms with Crippen molar-refractivity contribution in [1.82, 2.24) is 19.4 Å². The van der Waals surface area contributed by atoms with Crippen LogP contribution < -0.4 is 19.9 Å². The zero-order valence-electron chi connectivity index (χ0n) is 25.2. The quantitative estimate of drug-likeness (QED) is 0.292. The number of carbonyl (C=O) groups is 1. The number of carbonyl (C=O) groups excluding carboxylic acids is 1. The van der Waals surface area contributed by atoms with E-state index < -0.39 is 17.2 Å². The fourth-order valence-corrected chi connectivity index (χ4v) is 6.29. The molecule has 2 aliphatic rings. The zero-order chi connectivity index (χ0) is 31.4. The maximum atomic E-state index is 16.2. The van der Waals surface area contributed by atoms with Crippen LogP contribution in [0.4, 0.5) is 14.5 Å². The number of amides is 1. The van der Waals surface area contributed by atoms with E-state index in [0.29, 0.717) is 35.5 Å². The Balaban J connectivity index is 1.71. The molecule has 3 aromatic heterocycles. The molecule has 9 nitrogen and oxygen atoms in total. The van der Waals surface area contributed by atoms with Crippen LogP contribution in [0.2, 0.25) is 0 Å². The van der Waals surface area contributed by atoms with E-state index in [1.165, 1.54) is 42.0 Å². The van der Waals surface area contributed by atoms with Gasteiger partial charge in [-0.25, -0.2) is 13.8 Å². The van der Waals surface area contributed by atoms with Crippen molar-refractivity contribution in [3.8, 4) is 28.4 Å². The average molecular weight is 602 g/mol. The first-order valence-electron chi connectivity index (χ1n) is 14.5. The second-order valence-corrected chi connectivity index (χ2v) is 11.5. The predicted molar refractivity (Wildman–Crippen MR) is 164 cm³/mol. The molecule has 5 heterocycles. The Kier molecular flexibility index (Phi) is 7.35. The molecule has 0 saturated carbocycles. The van der Waals surface area contributed by atoms with E-state index in [1.54, 1.807) is 17.2 Å². The molecular formula is C33H33F2N5O4. The Labute approximate surface area is 253 Å². The molecule has 2 unspecified atom stereocenters. The maximum Gasteiger partial charge on any atom is 0.301 e. The second-order valence-electron chi connectivity index (χ2n) is 11.5. The lowest BCUT2D eigenvalue weighted by molar-refractivity contribution is -0.129. The number of hydrogen-bond acceptors (Lipinski definition) is 7. The second kappa shape index (κ2) is 11.0. The number of halogens is 2. The van der Waals surface area contributed by atoms with E-state index in [-0.39, 0.29) is 58.9 Å². The first-order valence-corrected chi connectivity index (χ1v) is 14.5. The van der Waals surface area contributed by atoms with Gasteiger partial charge in [0.15, 0.2) is 11.5 Å². The largest absolute Gasteiger partial charge is 0.496 e. The van der Waals surface area contributed by atoms with E-state index in [1.807, 2.05) is 32.6 Å². The van der Waals surface area contributed by atoms with Crippen LogP contribution in [0.15, 0.2) is 54.0 Å². The summed E-state index contributed by atoms with van der Waals surface area (Å²) in [6, 6.07) is 6.72. The third kappa shape index (κ3) is 4.49. The lowest BCUT2D eigenvalue weighted by Crippen LogP contribution is -2.62. The van der Waals surface area contributed by atoms with Gasteiger partial charge in [0.25, 0.3) is 0 Å². The molecule has 0 bridgehead atoms. The number of benzene rings is 1. The summed E-state index contributed by atoms with van der Waals surface area (Å²) in [5, 5.41) is 0.314. The number of hydrogen-bond donors (Lipinski definition) is 0. The highest BCUT2D eigenvalue weighted by atomic mass is 19.1. The highest BCUT2D eigenvalue weighted by Crippen LogP contribution is 2.43. The van der Waals surface area contributed by atoms with Gasteiger partial charge in [0, 0.05) is 30.7 Å². The van der Waals surface area contributed by atoms with Gasteiger partial charge in [-0.3, -0.25) is 19.1 Å². The lowest BCUT2D eigenvalue weighted by atomic mass is 10.0. The minimum Gasteiger partial charge on any atom is -0.496 e. The van der Waals surface area contributed by atoms with E-state index in [2.05, 4.69) is 11.6 Å². The molecule has 0 spiro atoms. The SMILES string of the molecule is C=CC(=O)N1CC2COc3c(c4cc(F)c(-c5c(F)cccc5OC)nc4n(-c4c(C)ccnc4C(C)C)c3=O)N2CC1C. The van der Waals surface area contributed by atoms with Crippen molar-refractivity contribution >= 4 is 22.6 Å². The van der Waals surface area contributed by atoms with Gasteiger partial charge >= 0.3 is 5.56 Å². The van der Waals surface area contributed by atoms with Crippen LogP contribution in [0.3, 0.4) is 0 Å². The van der Waals surface area contributed by atoms with Crippen LogP contribution >= 0.6 is 0 Å². The Hall–Kier alpha value is -4.80. The van der Waals surface area contributed by atoms with Gasteiger partial charge in [-0.1, -0.05) is 26.5 Å². The summed E-state index contributed by atoms with van der Waals surface area (Å²) in [6.07, 6.45) is 2.95. The summed E-state index contributed by atoms with van der Waals surface area (Å²) < 4.78 is 44.4. The number of aryl methyl sites for hydroxylation is 1. The molecule has 1 fully saturated rings. The summed E-state index contributed by atoms with van der Waals surface area (Å²) >= 11 is 0. The van der Waals surface area contributed by atoms with Crippen LogP contribution in [0.25, 0.3) is 28.0 Å². The molecule has 1 aromatic carbocycles. The monoisotopic (exact) mass is 601 g/mol. The molecule has 6 rings (SSSR count). The number of ether oxygens (including phenoxy) is 2. The molecular weight excluding hydrogens is 568 g/mol. The summed E-state index contributed by atoms with van der Waals surface area (Å²) in [4.78, 5) is 40.1. The number of nitrogens with zero attached hydrogens (tertiary/aromatic N) is 5. The molecule has 2 aliphatic heterocycles. The zero-order valence-corrected chi connectivity index (χ0v) is 25.2. The normalized spacial score (nSPS) is 17.7. The maximum absolute atomic E-state index is 16.2. The van der Waals surface area contributed by atoms with E-state index >= 15 is 8.78 Å².